The predicted octanol–water partition coefficient (Wildman–Crippen LogP) is 5.46. The summed E-state index contributed by atoms with van der Waals surface area (Å²) >= 11 is 6.03. The van der Waals surface area contributed by atoms with Crippen molar-refractivity contribution in [3.63, 3.8) is 0 Å². The Hall–Kier alpha value is -2.79. The summed E-state index contributed by atoms with van der Waals surface area (Å²) in [4.78, 5) is 24.5. The summed E-state index contributed by atoms with van der Waals surface area (Å²) in [5.41, 5.74) is 0.632. The molecule has 1 aromatic heterocycles. The molecule has 0 aliphatic heterocycles. The van der Waals surface area contributed by atoms with Gasteiger partial charge in [0.05, 0.1) is 11.3 Å². The van der Waals surface area contributed by atoms with E-state index in [0.717, 1.165) is 0 Å². The van der Waals surface area contributed by atoms with Crippen molar-refractivity contribution in [2.45, 2.75) is 26.4 Å². The second-order valence-corrected chi connectivity index (χ2v) is 7.24. The monoisotopic (exact) mass is 371 g/mol. The molecule has 6 heteroatoms. The minimum absolute atomic E-state index is 0.325. The van der Waals surface area contributed by atoms with Gasteiger partial charge in [0.1, 0.15) is 11.2 Å². The maximum atomic E-state index is 12.4. The van der Waals surface area contributed by atoms with Crippen molar-refractivity contribution >= 4 is 34.4 Å². The van der Waals surface area contributed by atoms with Crippen molar-refractivity contribution in [1.29, 1.82) is 0 Å². The van der Waals surface area contributed by atoms with E-state index < -0.39 is 17.3 Å². The lowest BCUT2D eigenvalue weighted by molar-refractivity contribution is 0.0636. The third-order valence-electron chi connectivity index (χ3n) is 3.55. The number of carbonyl (C=O) groups excluding carboxylic acids is 1. The fourth-order valence-electron chi connectivity index (χ4n) is 2.52. The molecular formula is C20H18ClNO4. The molecule has 0 radical (unpaired) electrons. The molecule has 0 aliphatic rings. The average Bonchev–Trinajstić information content (AvgIpc) is 2.53. The van der Waals surface area contributed by atoms with E-state index in [2.05, 4.69) is 5.32 Å². The van der Waals surface area contributed by atoms with E-state index in [9.17, 15) is 9.59 Å². The Morgan fingerprint density at radius 3 is 2.54 bits per heavy atom. The van der Waals surface area contributed by atoms with Gasteiger partial charge in [-0.05, 0) is 51.1 Å². The molecule has 1 heterocycles. The fourth-order valence-corrected chi connectivity index (χ4v) is 2.70. The van der Waals surface area contributed by atoms with Crippen molar-refractivity contribution in [2.75, 3.05) is 5.32 Å². The number of halogens is 1. The first-order chi connectivity index (χ1) is 12.2. The fraction of sp³-hybridized carbons (Fsp3) is 0.200. The Balaban J connectivity index is 2.05. The standard InChI is InChI=1S/C20H18ClNO4/c1-20(2,3)26-19(24)22-16-7-5-4-6-14(16)15-11-12-10-13(21)8-9-17(12)25-18(15)23/h4-11H,1-3H3,(H,22,24). The first-order valence-electron chi connectivity index (χ1n) is 8.06. The summed E-state index contributed by atoms with van der Waals surface area (Å²) in [5.74, 6) is 0. The smallest absolute Gasteiger partial charge is 0.412 e. The molecule has 26 heavy (non-hydrogen) atoms. The number of para-hydroxylation sites is 1. The van der Waals surface area contributed by atoms with Gasteiger partial charge in [0.15, 0.2) is 0 Å². The number of amides is 1. The molecule has 5 nitrogen and oxygen atoms in total. The maximum absolute atomic E-state index is 12.4. The number of hydrogen-bond acceptors (Lipinski definition) is 4. The molecule has 1 amide bonds. The number of rotatable bonds is 2. The lowest BCUT2D eigenvalue weighted by Gasteiger charge is -2.20. The van der Waals surface area contributed by atoms with Crippen LogP contribution in [0.5, 0.6) is 0 Å². The van der Waals surface area contributed by atoms with Crippen LogP contribution >= 0.6 is 11.6 Å². The van der Waals surface area contributed by atoms with E-state index in [-0.39, 0.29) is 0 Å². The van der Waals surface area contributed by atoms with Crippen LogP contribution in [0.2, 0.25) is 5.02 Å². The summed E-state index contributed by atoms with van der Waals surface area (Å²) in [6, 6.07) is 13.7. The van der Waals surface area contributed by atoms with Crippen LogP contribution < -0.4 is 10.9 Å². The van der Waals surface area contributed by atoms with Crippen LogP contribution in [0.1, 0.15) is 20.8 Å². The summed E-state index contributed by atoms with van der Waals surface area (Å²) in [7, 11) is 0. The molecule has 3 aromatic rings. The van der Waals surface area contributed by atoms with Crippen molar-refractivity contribution < 1.29 is 13.9 Å². The van der Waals surface area contributed by atoms with E-state index >= 15 is 0 Å². The Kier molecular flexibility index (Phi) is 4.74. The molecule has 0 saturated heterocycles. The van der Waals surface area contributed by atoms with Gasteiger partial charge >= 0.3 is 11.7 Å². The highest BCUT2D eigenvalue weighted by molar-refractivity contribution is 6.31. The van der Waals surface area contributed by atoms with Crippen molar-refractivity contribution in [3.8, 4) is 11.1 Å². The predicted molar refractivity (Wildman–Crippen MR) is 103 cm³/mol. The summed E-state index contributed by atoms with van der Waals surface area (Å²) in [5, 5.41) is 3.92. The van der Waals surface area contributed by atoms with Gasteiger partial charge < -0.3 is 9.15 Å². The number of fused-ring (bicyclic) bond motifs is 1. The maximum Gasteiger partial charge on any atom is 0.412 e. The first kappa shape index (κ1) is 18.0. The Bertz CT molecular complexity index is 1030. The number of nitrogens with one attached hydrogen (secondary N) is 1. The van der Waals surface area contributed by atoms with Gasteiger partial charge in [0.25, 0.3) is 0 Å². The van der Waals surface area contributed by atoms with Gasteiger partial charge in [0, 0.05) is 16.0 Å². The van der Waals surface area contributed by atoms with Gasteiger partial charge in [-0.1, -0.05) is 29.8 Å². The molecule has 3 rings (SSSR count). The number of carbonyl (C=O) groups is 1. The normalized spacial score (nSPS) is 11.4. The molecule has 2 aromatic carbocycles. The summed E-state index contributed by atoms with van der Waals surface area (Å²) < 4.78 is 10.7. The molecule has 0 bridgehead atoms. The molecule has 0 fully saturated rings. The van der Waals surface area contributed by atoms with Gasteiger partial charge in [-0.3, -0.25) is 5.32 Å². The molecular weight excluding hydrogens is 354 g/mol. The van der Waals surface area contributed by atoms with Crippen molar-refractivity contribution in [1.82, 2.24) is 0 Å². The van der Waals surface area contributed by atoms with Crippen molar-refractivity contribution in [3.05, 3.63) is 64.0 Å². The molecule has 0 spiro atoms. The Labute approximate surface area is 155 Å². The summed E-state index contributed by atoms with van der Waals surface area (Å²) in [6.07, 6.45) is -0.599. The van der Waals surface area contributed by atoms with E-state index in [1.807, 2.05) is 0 Å². The topological polar surface area (TPSA) is 68.5 Å². The van der Waals surface area contributed by atoms with Gasteiger partial charge in [0.2, 0.25) is 0 Å². The minimum atomic E-state index is -0.627. The van der Waals surface area contributed by atoms with Gasteiger partial charge in [-0.25, -0.2) is 9.59 Å². The highest BCUT2D eigenvalue weighted by Gasteiger charge is 2.18. The quantitative estimate of drug-likeness (QED) is 0.607. The van der Waals surface area contributed by atoms with Gasteiger partial charge in [-0.2, -0.15) is 0 Å². The SMILES string of the molecule is CC(C)(C)OC(=O)Nc1ccccc1-c1cc2cc(Cl)ccc2oc1=O. The van der Waals surface area contributed by atoms with Crippen LogP contribution in [0.25, 0.3) is 22.1 Å². The van der Waals surface area contributed by atoms with E-state index in [1.54, 1.807) is 69.3 Å². The lowest BCUT2D eigenvalue weighted by Crippen LogP contribution is -2.27. The van der Waals surface area contributed by atoms with Gasteiger partial charge in [-0.15, -0.1) is 0 Å². The van der Waals surface area contributed by atoms with Crippen LogP contribution in [0.3, 0.4) is 0 Å². The highest BCUT2D eigenvalue weighted by atomic mass is 35.5. The second-order valence-electron chi connectivity index (χ2n) is 6.80. The zero-order valence-electron chi connectivity index (χ0n) is 14.6. The molecule has 0 unspecified atom stereocenters. The van der Waals surface area contributed by atoms with Crippen LogP contribution in [0.4, 0.5) is 10.5 Å². The zero-order chi connectivity index (χ0) is 18.9. The number of anilines is 1. The van der Waals surface area contributed by atoms with Crippen molar-refractivity contribution in [2.24, 2.45) is 0 Å². The Morgan fingerprint density at radius 1 is 1.08 bits per heavy atom. The molecule has 0 aliphatic carbocycles. The zero-order valence-corrected chi connectivity index (χ0v) is 15.4. The minimum Gasteiger partial charge on any atom is -0.444 e. The third kappa shape index (κ3) is 4.06. The van der Waals surface area contributed by atoms with E-state index in [0.29, 0.717) is 32.8 Å². The van der Waals surface area contributed by atoms with Crippen LogP contribution in [-0.2, 0) is 4.74 Å². The molecule has 1 N–H and O–H groups in total. The average molecular weight is 372 g/mol. The molecule has 0 atom stereocenters. The number of ether oxygens (including phenoxy) is 1. The third-order valence-corrected chi connectivity index (χ3v) is 3.78. The van der Waals surface area contributed by atoms with E-state index in [4.69, 9.17) is 20.8 Å². The number of hydrogen-bond donors (Lipinski definition) is 1. The van der Waals surface area contributed by atoms with Crippen LogP contribution in [-0.4, -0.2) is 11.7 Å². The second kappa shape index (κ2) is 6.84. The van der Waals surface area contributed by atoms with E-state index in [1.165, 1.54) is 0 Å². The highest BCUT2D eigenvalue weighted by Crippen LogP contribution is 2.29. The Morgan fingerprint density at radius 2 is 1.81 bits per heavy atom. The van der Waals surface area contributed by atoms with Crippen LogP contribution in [0.15, 0.2) is 57.7 Å². The molecule has 134 valence electrons. The largest absolute Gasteiger partial charge is 0.444 e. The van der Waals surface area contributed by atoms with Crippen LogP contribution in [0, 0.1) is 0 Å². The summed E-state index contributed by atoms with van der Waals surface area (Å²) in [6.45, 7) is 5.33. The lowest BCUT2D eigenvalue weighted by atomic mass is 10.0. The molecule has 0 saturated carbocycles. The number of benzene rings is 2. The first-order valence-corrected chi connectivity index (χ1v) is 8.43.